The highest BCUT2D eigenvalue weighted by Crippen LogP contribution is 2.18. The maximum absolute atomic E-state index is 5.65. The zero-order valence-corrected chi connectivity index (χ0v) is 12.8. The molecular formula is C18H23NO2. The number of nitrogens with one attached hydrogen (secondary N) is 1. The second-order valence-corrected chi connectivity index (χ2v) is 4.91. The summed E-state index contributed by atoms with van der Waals surface area (Å²) < 4.78 is 10.9. The lowest BCUT2D eigenvalue weighted by atomic mass is 10.1. The van der Waals surface area contributed by atoms with Crippen molar-refractivity contribution < 1.29 is 9.47 Å². The molecule has 0 radical (unpaired) electrons. The molecule has 0 aliphatic heterocycles. The molecule has 0 atom stereocenters. The van der Waals surface area contributed by atoms with Crippen LogP contribution < -0.4 is 10.1 Å². The van der Waals surface area contributed by atoms with E-state index in [0.29, 0.717) is 13.2 Å². The van der Waals surface area contributed by atoms with E-state index in [-0.39, 0.29) is 0 Å². The average Bonchev–Trinajstić information content (AvgIpc) is 2.52. The molecule has 1 N–H and O–H groups in total. The molecule has 2 aromatic carbocycles. The van der Waals surface area contributed by atoms with Crippen molar-refractivity contribution in [3.63, 3.8) is 0 Å². The Balaban J connectivity index is 1.84. The SMILES string of the molecule is CCOCCOc1cccc(NCc2ccc(C)cc2)c1. The average molecular weight is 285 g/mol. The van der Waals surface area contributed by atoms with E-state index in [1.807, 2.05) is 31.2 Å². The Bertz CT molecular complexity index is 537. The van der Waals surface area contributed by atoms with E-state index in [1.165, 1.54) is 11.1 Å². The standard InChI is InChI=1S/C18H23NO2/c1-3-20-11-12-21-18-6-4-5-17(13-18)19-14-16-9-7-15(2)8-10-16/h4-10,13,19H,3,11-12,14H2,1-2H3. The fourth-order valence-corrected chi connectivity index (χ4v) is 1.97. The lowest BCUT2D eigenvalue weighted by molar-refractivity contribution is 0.110. The zero-order chi connectivity index (χ0) is 14.9. The maximum Gasteiger partial charge on any atom is 0.121 e. The lowest BCUT2D eigenvalue weighted by Crippen LogP contribution is -2.06. The second-order valence-electron chi connectivity index (χ2n) is 4.91. The topological polar surface area (TPSA) is 30.5 Å². The first-order valence-electron chi connectivity index (χ1n) is 7.38. The van der Waals surface area contributed by atoms with Crippen molar-refractivity contribution in [2.45, 2.75) is 20.4 Å². The number of rotatable bonds is 8. The van der Waals surface area contributed by atoms with E-state index in [9.17, 15) is 0 Å². The van der Waals surface area contributed by atoms with Gasteiger partial charge >= 0.3 is 0 Å². The van der Waals surface area contributed by atoms with Crippen LogP contribution in [0.25, 0.3) is 0 Å². The predicted octanol–water partition coefficient (Wildman–Crippen LogP) is 4.02. The molecule has 0 aromatic heterocycles. The molecule has 2 rings (SSSR count). The number of benzene rings is 2. The summed E-state index contributed by atoms with van der Waals surface area (Å²) in [6.45, 7) is 6.81. The van der Waals surface area contributed by atoms with Crippen molar-refractivity contribution in [2.75, 3.05) is 25.1 Å². The second kappa shape index (κ2) is 8.32. The van der Waals surface area contributed by atoms with Crippen LogP contribution in [0, 0.1) is 6.92 Å². The number of anilines is 1. The van der Waals surface area contributed by atoms with E-state index >= 15 is 0 Å². The van der Waals surface area contributed by atoms with Gasteiger partial charge in [0.15, 0.2) is 0 Å². The van der Waals surface area contributed by atoms with Gasteiger partial charge < -0.3 is 14.8 Å². The lowest BCUT2D eigenvalue weighted by Gasteiger charge is -2.10. The van der Waals surface area contributed by atoms with Crippen molar-refractivity contribution in [2.24, 2.45) is 0 Å². The van der Waals surface area contributed by atoms with Gasteiger partial charge in [0.1, 0.15) is 12.4 Å². The van der Waals surface area contributed by atoms with Crippen LogP contribution in [0.3, 0.4) is 0 Å². The van der Waals surface area contributed by atoms with Crippen molar-refractivity contribution in [1.82, 2.24) is 0 Å². The minimum absolute atomic E-state index is 0.579. The summed E-state index contributed by atoms with van der Waals surface area (Å²) in [6, 6.07) is 16.6. The minimum atomic E-state index is 0.579. The summed E-state index contributed by atoms with van der Waals surface area (Å²) in [6.07, 6.45) is 0. The van der Waals surface area contributed by atoms with Crippen LogP contribution in [0.5, 0.6) is 5.75 Å². The van der Waals surface area contributed by atoms with Crippen LogP contribution in [0.1, 0.15) is 18.1 Å². The molecule has 3 heteroatoms. The zero-order valence-electron chi connectivity index (χ0n) is 12.8. The molecule has 0 unspecified atom stereocenters. The molecule has 112 valence electrons. The molecule has 0 spiro atoms. The molecule has 0 aliphatic rings. The minimum Gasteiger partial charge on any atom is -0.491 e. The Kier molecular flexibility index (Phi) is 6.10. The van der Waals surface area contributed by atoms with Gasteiger partial charge in [0.05, 0.1) is 6.61 Å². The summed E-state index contributed by atoms with van der Waals surface area (Å²) in [5, 5.41) is 3.41. The molecule has 3 nitrogen and oxygen atoms in total. The third-order valence-electron chi connectivity index (χ3n) is 3.15. The summed E-state index contributed by atoms with van der Waals surface area (Å²) in [5.74, 6) is 0.864. The molecule has 0 bridgehead atoms. The monoisotopic (exact) mass is 285 g/mol. The molecular weight excluding hydrogens is 262 g/mol. The van der Waals surface area contributed by atoms with Gasteiger partial charge in [-0.05, 0) is 31.5 Å². The number of hydrogen-bond acceptors (Lipinski definition) is 3. The highest BCUT2D eigenvalue weighted by molar-refractivity contribution is 5.48. The molecule has 0 heterocycles. The number of aryl methyl sites for hydroxylation is 1. The first-order valence-corrected chi connectivity index (χ1v) is 7.38. The van der Waals surface area contributed by atoms with Gasteiger partial charge in [-0.25, -0.2) is 0 Å². The molecule has 0 saturated carbocycles. The van der Waals surface area contributed by atoms with Crippen LogP contribution in [0.4, 0.5) is 5.69 Å². The van der Waals surface area contributed by atoms with Gasteiger partial charge in [-0.15, -0.1) is 0 Å². The summed E-state index contributed by atoms with van der Waals surface area (Å²) in [4.78, 5) is 0. The van der Waals surface area contributed by atoms with Crippen molar-refractivity contribution >= 4 is 5.69 Å². The van der Waals surface area contributed by atoms with Gasteiger partial charge in [-0.1, -0.05) is 35.9 Å². The molecule has 0 saturated heterocycles. The fraction of sp³-hybridized carbons (Fsp3) is 0.333. The van der Waals surface area contributed by atoms with E-state index in [0.717, 1.165) is 24.6 Å². The van der Waals surface area contributed by atoms with E-state index < -0.39 is 0 Å². The molecule has 21 heavy (non-hydrogen) atoms. The molecule has 0 amide bonds. The Morgan fingerprint density at radius 2 is 1.81 bits per heavy atom. The van der Waals surface area contributed by atoms with Gasteiger partial charge in [-0.3, -0.25) is 0 Å². The fourth-order valence-electron chi connectivity index (χ4n) is 1.97. The van der Waals surface area contributed by atoms with Crippen molar-refractivity contribution in [3.05, 3.63) is 59.7 Å². The number of hydrogen-bond donors (Lipinski definition) is 1. The highest BCUT2D eigenvalue weighted by atomic mass is 16.5. The van der Waals surface area contributed by atoms with E-state index in [2.05, 4.69) is 36.5 Å². The van der Waals surface area contributed by atoms with Crippen molar-refractivity contribution in [1.29, 1.82) is 0 Å². The first kappa shape index (κ1) is 15.4. The predicted molar refractivity (Wildman–Crippen MR) is 86.9 cm³/mol. The highest BCUT2D eigenvalue weighted by Gasteiger charge is 1.98. The van der Waals surface area contributed by atoms with Gasteiger partial charge in [0.25, 0.3) is 0 Å². The smallest absolute Gasteiger partial charge is 0.121 e. The van der Waals surface area contributed by atoms with Gasteiger partial charge in [0.2, 0.25) is 0 Å². The maximum atomic E-state index is 5.65. The van der Waals surface area contributed by atoms with Crippen molar-refractivity contribution in [3.8, 4) is 5.75 Å². The molecule has 0 fully saturated rings. The quantitative estimate of drug-likeness (QED) is 0.743. The van der Waals surface area contributed by atoms with Crippen LogP contribution in [0.2, 0.25) is 0 Å². The Morgan fingerprint density at radius 3 is 2.57 bits per heavy atom. The van der Waals surface area contributed by atoms with Gasteiger partial charge in [-0.2, -0.15) is 0 Å². The van der Waals surface area contributed by atoms with Gasteiger partial charge in [0, 0.05) is 24.9 Å². The molecule has 0 aliphatic carbocycles. The van der Waals surface area contributed by atoms with Crippen LogP contribution >= 0.6 is 0 Å². The van der Waals surface area contributed by atoms with Crippen LogP contribution in [-0.2, 0) is 11.3 Å². The third-order valence-corrected chi connectivity index (χ3v) is 3.15. The first-order chi connectivity index (χ1) is 10.3. The largest absolute Gasteiger partial charge is 0.491 e. The molecule has 2 aromatic rings. The number of ether oxygens (including phenoxy) is 2. The van der Waals surface area contributed by atoms with E-state index in [1.54, 1.807) is 0 Å². The Morgan fingerprint density at radius 1 is 1.00 bits per heavy atom. The Hall–Kier alpha value is -2.00. The summed E-state index contributed by atoms with van der Waals surface area (Å²) in [5.41, 5.74) is 3.61. The van der Waals surface area contributed by atoms with E-state index in [4.69, 9.17) is 9.47 Å². The van der Waals surface area contributed by atoms with Crippen LogP contribution in [0.15, 0.2) is 48.5 Å². The summed E-state index contributed by atoms with van der Waals surface area (Å²) in [7, 11) is 0. The normalized spacial score (nSPS) is 10.4. The third kappa shape index (κ3) is 5.48. The van der Waals surface area contributed by atoms with Crippen LogP contribution in [-0.4, -0.2) is 19.8 Å². The summed E-state index contributed by atoms with van der Waals surface area (Å²) >= 11 is 0. The Labute approximate surface area is 126 Å².